The first-order valence-electron chi connectivity index (χ1n) is 9.52. The van der Waals surface area contributed by atoms with Gasteiger partial charge >= 0.3 is 6.18 Å². The minimum Gasteiger partial charge on any atom is -0.356 e. The zero-order valence-electron chi connectivity index (χ0n) is 15.9. The van der Waals surface area contributed by atoms with Gasteiger partial charge in [-0.2, -0.15) is 13.2 Å². The van der Waals surface area contributed by atoms with Crippen LogP contribution < -0.4 is 10.2 Å². The van der Waals surface area contributed by atoms with Gasteiger partial charge in [0.25, 0.3) is 5.91 Å². The van der Waals surface area contributed by atoms with Crippen LogP contribution in [-0.2, 0) is 12.7 Å². The van der Waals surface area contributed by atoms with E-state index in [-0.39, 0.29) is 12.5 Å². The van der Waals surface area contributed by atoms with E-state index in [1.54, 1.807) is 0 Å². The summed E-state index contributed by atoms with van der Waals surface area (Å²) in [5, 5.41) is 4.71. The molecule has 156 valence electrons. The lowest BCUT2D eigenvalue weighted by molar-refractivity contribution is -0.137. The molecule has 0 atom stereocenters. The molecule has 0 radical (unpaired) electrons. The Morgan fingerprint density at radius 2 is 1.87 bits per heavy atom. The Balaban J connectivity index is 1.53. The number of thiophene rings is 1. The number of amides is 1. The molecule has 0 bridgehead atoms. The largest absolute Gasteiger partial charge is 0.416 e. The smallest absolute Gasteiger partial charge is 0.356 e. The van der Waals surface area contributed by atoms with Gasteiger partial charge in [-0.15, -0.1) is 11.3 Å². The number of halogens is 3. The molecule has 1 fully saturated rings. The maximum atomic E-state index is 12.8. The number of nitrogens with zero attached hydrogens (tertiary/aromatic N) is 3. The maximum Gasteiger partial charge on any atom is 0.416 e. The third-order valence-electron chi connectivity index (χ3n) is 4.89. The highest BCUT2D eigenvalue weighted by Gasteiger charge is 2.30. The minimum atomic E-state index is -4.38. The SMILES string of the molecule is O=C(NCc1ccc(C(F)(F)F)cc1)c1cnc(-c2cccs2)nc1N1CCCC1. The van der Waals surface area contributed by atoms with E-state index in [9.17, 15) is 18.0 Å². The second-order valence-corrected chi connectivity index (χ2v) is 7.93. The van der Waals surface area contributed by atoms with E-state index in [1.807, 2.05) is 17.5 Å². The highest BCUT2D eigenvalue weighted by atomic mass is 32.1. The van der Waals surface area contributed by atoms with Gasteiger partial charge in [0.2, 0.25) is 0 Å². The number of rotatable bonds is 5. The van der Waals surface area contributed by atoms with Gasteiger partial charge in [-0.25, -0.2) is 9.97 Å². The van der Waals surface area contributed by atoms with E-state index in [1.165, 1.54) is 29.7 Å². The summed E-state index contributed by atoms with van der Waals surface area (Å²) >= 11 is 1.53. The monoisotopic (exact) mass is 432 g/mol. The van der Waals surface area contributed by atoms with Crippen LogP contribution in [0.15, 0.2) is 48.0 Å². The molecular weight excluding hydrogens is 413 g/mol. The van der Waals surface area contributed by atoms with Gasteiger partial charge in [0, 0.05) is 25.8 Å². The van der Waals surface area contributed by atoms with E-state index in [0.717, 1.165) is 42.9 Å². The normalized spacial score (nSPS) is 14.2. The molecule has 1 aliphatic heterocycles. The summed E-state index contributed by atoms with van der Waals surface area (Å²) in [5.74, 6) is 0.816. The van der Waals surface area contributed by atoms with Crippen LogP contribution in [0.1, 0.15) is 34.3 Å². The molecule has 0 aliphatic carbocycles. The van der Waals surface area contributed by atoms with E-state index in [2.05, 4.69) is 20.2 Å². The molecule has 1 aliphatic rings. The Hall–Kier alpha value is -2.94. The Labute approximate surface area is 175 Å². The number of carbonyl (C=O) groups is 1. The van der Waals surface area contributed by atoms with Crippen molar-refractivity contribution in [1.29, 1.82) is 0 Å². The first kappa shape index (κ1) is 20.3. The molecule has 3 aromatic rings. The predicted octanol–water partition coefficient (Wildman–Crippen LogP) is 4.75. The van der Waals surface area contributed by atoms with Crippen molar-refractivity contribution in [2.45, 2.75) is 25.6 Å². The average Bonchev–Trinajstić information content (AvgIpc) is 3.45. The van der Waals surface area contributed by atoms with Crippen LogP contribution >= 0.6 is 11.3 Å². The van der Waals surface area contributed by atoms with Crippen molar-refractivity contribution in [2.75, 3.05) is 18.0 Å². The quantitative estimate of drug-likeness (QED) is 0.632. The van der Waals surface area contributed by atoms with E-state index < -0.39 is 11.7 Å². The first-order valence-corrected chi connectivity index (χ1v) is 10.4. The van der Waals surface area contributed by atoms with Gasteiger partial charge in [0.15, 0.2) is 5.82 Å². The number of hydrogen-bond acceptors (Lipinski definition) is 5. The summed E-state index contributed by atoms with van der Waals surface area (Å²) in [6.07, 6.45) is -0.790. The summed E-state index contributed by atoms with van der Waals surface area (Å²) in [5.41, 5.74) is 0.228. The van der Waals surface area contributed by atoms with Crippen molar-refractivity contribution < 1.29 is 18.0 Å². The van der Waals surface area contributed by atoms with Gasteiger partial charge in [-0.05, 0) is 42.0 Å². The number of carbonyl (C=O) groups excluding carboxylic acids is 1. The maximum absolute atomic E-state index is 12.8. The number of benzene rings is 1. The molecule has 0 spiro atoms. The molecule has 1 N–H and O–H groups in total. The Kier molecular flexibility index (Phi) is 5.72. The molecule has 1 saturated heterocycles. The first-order chi connectivity index (χ1) is 14.4. The third-order valence-corrected chi connectivity index (χ3v) is 5.76. The number of aromatic nitrogens is 2. The molecule has 5 nitrogen and oxygen atoms in total. The fourth-order valence-electron chi connectivity index (χ4n) is 3.32. The van der Waals surface area contributed by atoms with E-state index in [0.29, 0.717) is 22.8 Å². The lowest BCUT2D eigenvalue weighted by atomic mass is 10.1. The fourth-order valence-corrected chi connectivity index (χ4v) is 3.98. The van der Waals surface area contributed by atoms with Crippen LogP contribution in [0.5, 0.6) is 0 Å². The second kappa shape index (κ2) is 8.43. The summed E-state index contributed by atoms with van der Waals surface area (Å²) < 4.78 is 38.1. The number of anilines is 1. The number of nitrogens with one attached hydrogen (secondary N) is 1. The van der Waals surface area contributed by atoms with Gasteiger partial charge in [0.05, 0.1) is 10.4 Å². The average molecular weight is 432 g/mol. The molecule has 1 amide bonds. The molecular formula is C21H19F3N4OS. The van der Waals surface area contributed by atoms with Crippen LogP contribution in [0.2, 0.25) is 0 Å². The minimum absolute atomic E-state index is 0.114. The van der Waals surface area contributed by atoms with Crippen LogP contribution in [-0.4, -0.2) is 29.0 Å². The Morgan fingerprint density at radius 1 is 1.13 bits per heavy atom. The molecule has 0 unspecified atom stereocenters. The van der Waals surface area contributed by atoms with E-state index >= 15 is 0 Å². The summed E-state index contributed by atoms with van der Waals surface area (Å²) in [6.45, 7) is 1.75. The second-order valence-electron chi connectivity index (χ2n) is 6.98. The molecule has 3 heterocycles. The highest BCUT2D eigenvalue weighted by Crippen LogP contribution is 2.29. The summed E-state index contributed by atoms with van der Waals surface area (Å²) in [4.78, 5) is 24.8. The Morgan fingerprint density at radius 3 is 2.50 bits per heavy atom. The van der Waals surface area contributed by atoms with Gasteiger partial charge in [-0.3, -0.25) is 4.79 Å². The Bertz CT molecular complexity index is 1010. The predicted molar refractivity (Wildman–Crippen MR) is 109 cm³/mol. The molecule has 30 heavy (non-hydrogen) atoms. The van der Waals surface area contributed by atoms with Crippen LogP contribution in [0.25, 0.3) is 10.7 Å². The van der Waals surface area contributed by atoms with Crippen molar-refractivity contribution >= 4 is 23.1 Å². The van der Waals surface area contributed by atoms with Crippen LogP contribution in [0, 0.1) is 0 Å². The lowest BCUT2D eigenvalue weighted by Gasteiger charge is -2.20. The van der Waals surface area contributed by atoms with Crippen molar-refractivity contribution in [1.82, 2.24) is 15.3 Å². The fraction of sp³-hybridized carbons (Fsp3) is 0.286. The van der Waals surface area contributed by atoms with Crippen LogP contribution in [0.3, 0.4) is 0 Å². The molecule has 1 aromatic carbocycles. The number of alkyl halides is 3. The lowest BCUT2D eigenvalue weighted by Crippen LogP contribution is -2.28. The van der Waals surface area contributed by atoms with Crippen molar-refractivity contribution in [2.24, 2.45) is 0 Å². The molecule has 4 rings (SSSR count). The van der Waals surface area contributed by atoms with Crippen molar-refractivity contribution in [3.05, 3.63) is 64.7 Å². The molecule has 0 saturated carbocycles. The van der Waals surface area contributed by atoms with Gasteiger partial charge in [0.1, 0.15) is 11.4 Å². The zero-order valence-corrected chi connectivity index (χ0v) is 16.8. The highest BCUT2D eigenvalue weighted by molar-refractivity contribution is 7.13. The summed E-state index contributed by atoms with van der Waals surface area (Å²) in [6, 6.07) is 8.59. The molecule has 9 heteroatoms. The number of hydrogen-bond donors (Lipinski definition) is 1. The summed E-state index contributed by atoms with van der Waals surface area (Å²) in [7, 11) is 0. The van der Waals surface area contributed by atoms with Gasteiger partial charge < -0.3 is 10.2 Å². The third kappa shape index (κ3) is 4.46. The van der Waals surface area contributed by atoms with E-state index in [4.69, 9.17) is 0 Å². The van der Waals surface area contributed by atoms with Crippen molar-refractivity contribution in [3.63, 3.8) is 0 Å². The molecule has 2 aromatic heterocycles. The van der Waals surface area contributed by atoms with Gasteiger partial charge in [-0.1, -0.05) is 18.2 Å². The topological polar surface area (TPSA) is 58.1 Å². The standard InChI is InChI=1S/C21H19F3N4OS/c22-21(23,24)15-7-5-14(6-8-15)12-26-20(29)16-13-25-18(17-4-3-11-30-17)27-19(16)28-9-1-2-10-28/h3-8,11,13H,1-2,9-10,12H2,(H,26,29). The van der Waals surface area contributed by atoms with Crippen molar-refractivity contribution in [3.8, 4) is 10.7 Å². The van der Waals surface area contributed by atoms with Crippen LogP contribution in [0.4, 0.5) is 19.0 Å². The zero-order chi connectivity index (χ0) is 21.1.